The molecule has 3 rings (SSSR count). The van der Waals surface area contributed by atoms with Gasteiger partial charge in [-0.15, -0.1) is 0 Å². The zero-order valence-corrected chi connectivity index (χ0v) is 14.9. The fourth-order valence-electron chi connectivity index (χ4n) is 2.22. The Kier molecular flexibility index (Phi) is 5.25. The molecule has 126 valence electrons. The van der Waals surface area contributed by atoms with Crippen molar-refractivity contribution in [3.05, 3.63) is 86.7 Å². The quantitative estimate of drug-likeness (QED) is 0.509. The second kappa shape index (κ2) is 7.76. The Morgan fingerprint density at radius 2 is 1.80 bits per heavy atom. The summed E-state index contributed by atoms with van der Waals surface area (Å²) in [5.74, 6) is 0.769. The van der Waals surface area contributed by atoms with E-state index in [0.717, 1.165) is 22.6 Å². The number of H-pyrrole nitrogens is 1. The van der Waals surface area contributed by atoms with E-state index in [0.29, 0.717) is 10.2 Å². The normalized spacial score (nSPS) is 11.2. The molecule has 2 N–H and O–H groups in total. The van der Waals surface area contributed by atoms with Crippen molar-refractivity contribution in [2.24, 2.45) is 5.10 Å². The zero-order valence-electron chi connectivity index (χ0n) is 13.4. The molecule has 7 heteroatoms. The summed E-state index contributed by atoms with van der Waals surface area (Å²) in [4.78, 5) is 11.6. The Balaban J connectivity index is 2.01. The van der Waals surface area contributed by atoms with Crippen LogP contribution in [0.2, 0.25) is 0 Å². The second-order valence-electron chi connectivity index (χ2n) is 5.09. The highest BCUT2D eigenvalue weighted by molar-refractivity contribution is 9.10. The van der Waals surface area contributed by atoms with E-state index < -0.39 is 0 Å². The first-order valence-electron chi connectivity index (χ1n) is 7.46. The van der Waals surface area contributed by atoms with E-state index in [-0.39, 0.29) is 5.56 Å². The molecule has 0 aliphatic rings. The van der Waals surface area contributed by atoms with Gasteiger partial charge in [0, 0.05) is 11.1 Å². The topological polar surface area (TPSA) is 79.4 Å². The van der Waals surface area contributed by atoms with Crippen LogP contribution in [-0.2, 0) is 0 Å². The molecule has 25 heavy (non-hydrogen) atoms. The van der Waals surface area contributed by atoms with Gasteiger partial charge in [-0.25, -0.2) is 5.10 Å². The third-order valence-electron chi connectivity index (χ3n) is 3.49. The lowest BCUT2D eigenvalue weighted by Crippen LogP contribution is -2.12. The molecule has 2 aromatic carbocycles. The third kappa shape index (κ3) is 3.95. The van der Waals surface area contributed by atoms with Gasteiger partial charge in [-0.2, -0.15) is 10.2 Å². The summed E-state index contributed by atoms with van der Waals surface area (Å²) in [5.41, 5.74) is 5.64. The van der Waals surface area contributed by atoms with Gasteiger partial charge >= 0.3 is 0 Å². The highest BCUT2D eigenvalue weighted by Crippen LogP contribution is 2.18. The molecule has 0 bridgehead atoms. The van der Waals surface area contributed by atoms with Crippen LogP contribution in [0.5, 0.6) is 5.75 Å². The molecule has 0 saturated carbocycles. The average molecular weight is 399 g/mol. The first kappa shape index (κ1) is 16.9. The fraction of sp³-hybridized carbons (Fsp3) is 0.0556. The summed E-state index contributed by atoms with van der Waals surface area (Å²) < 4.78 is 5.55. The summed E-state index contributed by atoms with van der Waals surface area (Å²) in [5, 5.41) is 10.6. The van der Waals surface area contributed by atoms with Crippen LogP contribution in [0.4, 0.5) is 5.69 Å². The van der Waals surface area contributed by atoms with Gasteiger partial charge in [0.15, 0.2) is 0 Å². The molecular weight excluding hydrogens is 384 g/mol. The van der Waals surface area contributed by atoms with E-state index in [9.17, 15) is 4.79 Å². The monoisotopic (exact) mass is 398 g/mol. The molecule has 0 saturated heterocycles. The summed E-state index contributed by atoms with van der Waals surface area (Å²) in [6, 6.07) is 17.4. The van der Waals surface area contributed by atoms with Crippen molar-refractivity contribution in [3.63, 3.8) is 0 Å². The van der Waals surface area contributed by atoms with Crippen LogP contribution in [-0.4, -0.2) is 23.0 Å². The molecule has 0 radical (unpaired) electrons. The minimum absolute atomic E-state index is 0.328. The maximum atomic E-state index is 11.6. The lowest BCUT2D eigenvalue weighted by atomic mass is 10.0. The molecule has 1 heterocycles. The van der Waals surface area contributed by atoms with Crippen LogP contribution in [0.1, 0.15) is 11.1 Å². The number of nitrogens with zero attached hydrogens (tertiary/aromatic N) is 2. The molecule has 6 nitrogen and oxygen atoms in total. The molecule has 0 spiro atoms. The molecule has 1 aromatic heterocycles. The van der Waals surface area contributed by atoms with E-state index in [2.05, 4.69) is 36.7 Å². The second-order valence-corrected chi connectivity index (χ2v) is 5.89. The number of aromatic amines is 1. The van der Waals surface area contributed by atoms with Gasteiger partial charge in [-0.05, 0) is 40.2 Å². The molecule has 0 unspecified atom stereocenters. The van der Waals surface area contributed by atoms with Gasteiger partial charge in [-0.1, -0.05) is 30.3 Å². The standard InChI is InChI=1S/C18H15BrN4O2/c1-25-14-9-7-13(8-10-14)17(12-5-3-2-4-6-12)22-21-15-11-20-23-18(24)16(15)19/h2-11H,1H3,(H2,21,23,24)/b22-17-. The predicted octanol–water partition coefficient (Wildman–Crippen LogP) is 3.41. The number of hydrazone groups is 1. The van der Waals surface area contributed by atoms with Crippen LogP contribution in [0.15, 0.2) is 75.2 Å². The van der Waals surface area contributed by atoms with Crippen LogP contribution >= 0.6 is 15.9 Å². The molecule has 0 aliphatic heterocycles. The van der Waals surface area contributed by atoms with Gasteiger partial charge in [-0.3, -0.25) is 10.2 Å². The lowest BCUT2D eigenvalue weighted by molar-refractivity contribution is 0.415. The number of anilines is 1. The molecular formula is C18H15BrN4O2. The van der Waals surface area contributed by atoms with Gasteiger partial charge in [0.2, 0.25) is 0 Å². The van der Waals surface area contributed by atoms with Crippen LogP contribution in [0.3, 0.4) is 0 Å². The van der Waals surface area contributed by atoms with E-state index in [1.807, 2.05) is 54.6 Å². The maximum Gasteiger partial charge on any atom is 0.280 e. The largest absolute Gasteiger partial charge is 0.497 e. The van der Waals surface area contributed by atoms with Gasteiger partial charge in [0.25, 0.3) is 5.56 Å². The Hall–Kier alpha value is -2.93. The van der Waals surface area contributed by atoms with Crippen molar-refractivity contribution >= 4 is 27.3 Å². The van der Waals surface area contributed by atoms with Crippen LogP contribution in [0, 0.1) is 0 Å². The molecule has 3 aromatic rings. The van der Waals surface area contributed by atoms with E-state index in [4.69, 9.17) is 4.74 Å². The van der Waals surface area contributed by atoms with Gasteiger partial charge in [0.1, 0.15) is 10.2 Å². The average Bonchev–Trinajstić information content (AvgIpc) is 2.66. The van der Waals surface area contributed by atoms with Crippen molar-refractivity contribution in [1.82, 2.24) is 10.2 Å². The van der Waals surface area contributed by atoms with E-state index in [1.54, 1.807) is 7.11 Å². The SMILES string of the molecule is COc1ccc(/C(=N\Nc2cn[nH]c(=O)c2Br)c2ccccc2)cc1. The van der Waals surface area contributed by atoms with Crippen molar-refractivity contribution in [2.75, 3.05) is 12.5 Å². The fourth-order valence-corrected chi connectivity index (χ4v) is 2.50. The number of ether oxygens (including phenoxy) is 1. The van der Waals surface area contributed by atoms with E-state index >= 15 is 0 Å². The number of aromatic nitrogens is 2. The third-order valence-corrected chi connectivity index (χ3v) is 4.28. The molecule has 0 atom stereocenters. The summed E-state index contributed by atoms with van der Waals surface area (Å²) in [6.07, 6.45) is 1.49. The van der Waals surface area contributed by atoms with E-state index in [1.165, 1.54) is 6.20 Å². The van der Waals surface area contributed by atoms with Crippen molar-refractivity contribution < 1.29 is 4.74 Å². The smallest absolute Gasteiger partial charge is 0.280 e. The number of nitrogens with one attached hydrogen (secondary N) is 2. The Morgan fingerprint density at radius 3 is 2.48 bits per heavy atom. The number of methoxy groups -OCH3 is 1. The van der Waals surface area contributed by atoms with Crippen molar-refractivity contribution in [1.29, 1.82) is 0 Å². The first-order valence-corrected chi connectivity index (χ1v) is 8.25. The van der Waals surface area contributed by atoms with Crippen molar-refractivity contribution in [2.45, 2.75) is 0 Å². The summed E-state index contributed by atoms with van der Waals surface area (Å²) in [6.45, 7) is 0. The highest BCUT2D eigenvalue weighted by atomic mass is 79.9. The number of halogens is 1. The highest BCUT2D eigenvalue weighted by Gasteiger charge is 2.09. The number of benzene rings is 2. The van der Waals surface area contributed by atoms with Crippen molar-refractivity contribution in [3.8, 4) is 5.75 Å². The number of hydrogen-bond donors (Lipinski definition) is 2. The minimum atomic E-state index is -0.328. The predicted molar refractivity (Wildman–Crippen MR) is 101 cm³/mol. The first-order chi connectivity index (χ1) is 12.2. The maximum absolute atomic E-state index is 11.6. The lowest BCUT2D eigenvalue weighted by Gasteiger charge is -2.09. The van der Waals surface area contributed by atoms with Crippen LogP contribution in [0.25, 0.3) is 0 Å². The van der Waals surface area contributed by atoms with Gasteiger partial charge in [0.05, 0.1) is 24.7 Å². The molecule has 0 aliphatic carbocycles. The Bertz CT molecular complexity index is 937. The summed E-state index contributed by atoms with van der Waals surface area (Å²) >= 11 is 3.23. The molecule has 0 amide bonds. The Morgan fingerprint density at radius 1 is 1.12 bits per heavy atom. The number of hydrogen-bond acceptors (Lipinski definition) is 5. The Labute approximate surface area is 152 Å². The van der Waals surface area contributed by atoms with Gasteiger partial charge < -0.3 is 4.74 Å². The minimum Gasteiger partial charge on any atom is -0.497 e. The van der Waals surface area contributed by atoms with Crippen LogP contribution < -0.4 is 15.7 Å². The number of rotatable bonds is 5. The zero-order chi connectivity index (χ0) is 17.6. The molecule has 0 fully saturated rings. The summed E-state index contributed by atoms with van der Waals surface area (Å²) in [7, 11) is 1.63.